The van der Waals surface area contributed by atoms with Crippen LogP contribution in [0.15, 0.2) is 12.1 Å². The molecule has 0 radical (unpaired) electrons. The van der Waals surface area contributed by atoms with Crippen molar-refractivity contribution in [3.8, 4) is 5.75 Å². The molecule has 0 atom stereocenters. The van der Waals surface area contributed by atoms with E-state index in [-0.39, 0.29) is 28.1 Å². The zero-order valence-electron chi connectivity index (χ0n) is 8.28. The first-order valence-corrected chi connectivity index (χ1v) is 5.65. The van der Waals surface area contributed by atoms with Gasteiger partial charge < -0.3 is 4.74 Å². The van der Waals surface area contributed by atoms with Crippen LogP contribution < -0.4 is 4.74 Å². The number of benzene rings is 1. The van der Waals surface area contributed by atoms with Gasteiger partial charge >= 0.3 is 11.7 Å². The summed E-state index contributed by atoms with van der Waals surface area (Å²) in [6.45, 7) is 0. The second-order valence-corrected chi connectivity index (χ2v) is 4.13. The van der Waals surface area contributed by atoms with Gasteiger partial charge in [0, 0.05) is 17.0 Å². The van der Waals surface area contributed by atoms with Gasteiger partial charge in [-0.05, 0) is 6.07 Å². The third-order valence-electron chi connectivity index (χ3n) is 1.70. The summed E-state index contributed by atoms with van der Waals surface area (Å²) in [6, 6.07) is 2.30. The number of carbonyl (C=O) groups excluding carboxylic acids is 1. The molecule has 0 heterocycles. The summed E-state index contributed by atoms with van der Waals surface area (Å²) in [7, 11) is 0. The molecule has 8 heteroatoms. The molecule has 0 aliphatic heterocycles. The number of nitro groups is 1. The zero-order valence-corrected chi connectivity index (χ0v) is 10.6. The van der Waals surface area contributed by atoms with Gasteiger partial charge in [0.05, 0.1) is 16.4 Å². The van der Waals surface area contributed by atoms with Crippen LogP contribution in [0, 0.1) is 10.1 Å². The number of rotatable bonds is 4. The molecule has 0 aliphatic rings. The topological polar surface area (TPSA) is 69.4 Å². The minimum Gasteiger partial charge on any atom is -0.417 e. The Morgan fingerprint density at radius 3 is 2.59 bits per heavy atom. The van der Waals surface area contributed by atoms with Gasteiger partial charge in [0.25, 0.3) is 0 Å². The number of ether oxygens (including phenoxy) is 1. The number of alkyl halides is 1. The van der Waals surface area contributed by atoms with Crippen LogP contribution in [-0.4, -0.2) is 16.8 Å². The molecule has 0 N–H and O–H groups in total. The Bertz CT molecular complexity index is 464. The van der Waals surface area contributed by atoms with E-state index in [9.17, 15) is 14.9 Å². The van der Waals surface area contributed by atoms with Gasteiger partial charge in [-0.15, -0.1) is 11.6 Å². The third kappa shape index (κ3) is 3.73. The van der Waals surface area contributed by atoms with Crippen LogP contribution in [0.3, 0.4) is 0 Å². The second-order valence-electron chi connectivity index (χ2n) is 2.91. The van der Waals surface area contributed by atoms with Gasteiger partial charge in [-0.25, -0.2) is 0 Å². The Labute approximate surface area is 111 Å². The van der Waals surface area contributed by atoms with Gasteiger partial charge in [-0.2, -0.15) is 0 Å². The molecule has 0 unspecified atom stereocenters. The summed E-state index contributed by atoms with van der Waals surface area (Å²) in [5, 5.41) is 10.7. The fraction of sp³-hybridized carbons (Fsp3) is 0.222. The smallest absolute Gasteiger partial charge is 0.314 e. The fourth-order valence-electron chi connectivity index (χ4n) is 1.03. The molecule has 0 saturated carbocycles. The molecule has 17 heavy (non-hydrogen) atoms. The molecular weight excluding hydrogens is 292 g/mol. The molecule has 92 valence electrons. The van der Waals surface area contributed by atoms with Crippen molar-refractivity contribution in [2.24, 2.45) is 0 Å². The van der Waals surface area contributed by atoms with Gasteiger partial charge in [0.2, 0.25) is 5.75 Å². The number of hydrogen-bond donors (Lipinski definition) is 0. The molecule has 5 nitrogen and oxygen atoms in total. The van der Waals surface area contributed by atoms with Crippen molar-refractivity contribution in [1.82, 2.24) is 0 Å². The van der Waals surface area contributed by atoms with Gasteiger partial charge in [0.1, 0.15) is 0 Å². The number of carbonyl (C=O) groups is 1. The van der Waals surface area contributed by atoms with E-state index in [1.807, 2.05) is 0 Å². The van der Waals surface area contributed by atoms with Crippen LogP contribution in [0.25, 0.3) is 0 Å². The van der Waals surface area contributed by atoms with Gasteiger partial charge in [0.15, 0.2) is 0 Å². The van der Waals surface area contributed by atoms with E-state index in [1.54, 1.807) is 0 Å². The second kappa shape index (κ2) is 6.05. The van der Waals surface area contributed by atoms with E-state index in [2.05, 4.69) is 0 Å². The summed E-state index contributed by atoms with van der Waals surface area (Å²) in [6.07, 6.45) is -0.0718. The lowest BCUT2D eigenvalue weighted by molar-refractivity contribution is -0.385. The van der Waals surface area contributed by atoms with Crippen LogP contribution in [0.1, 0.15) is 6.42 Å². The molecule has 1 rings (SSSR count). The Morgan fingerprint density at radius 2 is 2.06 bits per heavy atom. The van der Waals surface area contributed by atoms with E-state index in [0.29, 0.717) is 0 Å². The lowest BCUT2D eigenvalue weighted by Crippen LogP contribution is -2.10. The normalized spacial score (nSPS) is 10.1. The lowest BCUT2D eigenvalue weighted by atomic mass is 10.3. The lowest BCUT2D eigenvalue weighted by Gasteiger charge is -2.06. The van der Waals surface area contributed by atoms with Gasteiger partial charge in [-0.3, -0.25) is 14.9 Å². The number of nitrogens with zero attached hydrogens (tertiary/aromatic N) is 1. The van der Waals surface area contributed by atoms with Crippen molar-refractivity contribution in [3.63, 3.8) is 0 Å². The maximum Gasteiger partial charge on any atom is 0.314 e. The number of esters is 1. The minimum absolute atomic E-state index is 0.0534. The first kappa shape index (κ1) is 14.0. The van der Waals surface area contributed by atoms with Gasteiger partial charge in [-0.1, -0.05) is 23.2 Å². The van der Waals surface area contributed by atoms with Crippen LogP contribution in [0.5, 0.6) is 5.75 Å². The van der Waals surface area contributed by atoms with Crippen LogP contribution in [0.2, 0.25) is 10.0 Å². The van der Waals surface area contributed by atoms with E-state index in [0.717, 1.165) is 6.07 Å². The van der Waals surface area contributed by atoms with E-state index in [1.165, 1.54) is 6.07 Å². The summed E-state index contributed by atoms with van der Waals surface area (Å²) in [4.78, 5) is 21.2. The Morgan fingerprint density at radius 1 is 1.41 bits per heavy atom. The Balaban J connectivity index is 3.12. The van der Waals surface area contributed by atoms with E-state index < -0.39 is 16.6 Å². The predicted octanol–water partition coefficient (Wildman–Crippen LogP) is 3.44. The molecular formula is C9H6Cl3NO4. The highest BCUT2D eigenvalue weighted by molar-refractivity contribution is 6.36. The number of halogens is 3. The average Bonchev–Trinajstić information content (AvgIpc) is 2.21. The largest absolute Gasteiger partial charge is 0.417 e. The summed E-state index contributed by atoms with van der Waals surface area (Å²) in [5.41, 5.74) is -0.467. The summed E-state index contributed by atoms with van der Waals surface area (Å²) < 4.78 is 4.78. The molecule has 0 fully saturated rings. The molecule has 0 aromatic heterocycles. The zero-order chi connectivity index (χ0) is 13.0. The quantitative estimate of drug-likeness (QED) is 0.281. The first-order chi connectivity index (χ1) is 7.95. The van der Waals surface area contributed by atoms with E-state index in [4.69, 9.17) is 39.5 Å². The molecule has 1 aromatic rings. The van der Waals surface area contributed by atoms with Crippen LogP contribution in [0.4, 0.5) is 5.69 Å². The van der Waals surface area contributed by atoms with E-state index >= 15 is 0 Å². The minimum atomic E-state index is -0.735. The molecule has 0 saturated heterocycles. The van der Waals surface area contributed by atoms with Crippen LogP contribution >= 0.6 is 34.8 Å². The highest BCUT2D eigenvalue weighted by Gasteiger charge is 2.22. The van der Waals surface area contributed by atoms with Crippen molar-refractivity contribution in [2.45, 2.75) is 6.42 Å². The van der Waals surface area contributed by atoms with Crippen molar-refractivity contribution in [3.05, 3.63) is 32.3 Å². The average molecular weight is 299 g/mol. The predicted molar refractivity (Wildman–Crippen MR) is 64.1 cm³/mol. The molecule has 0 spiro atoms. The molecule has 0 aliphatic carbocycles. The van der Waals surface area contributed by atoms with Crippen molar-refractivity contribution in [1.29, 1.82) is 0 Å². The Hall–Kier alpha value is -1.04. The summed E-state index contributed by atoms with van der Waals surface area (Å²) >= 11 is 16.7. The molecule has 0 bridgehead atoms. The maximum atomic E-state index is 11.2. The van der Waals surface area contributed by atoms with Crippen molar-refractivity contribution in [2.75, 3.05) is 5.88 Å². The first-order valence-electron chi connectivity index (χ1n) is 4.35. The number of nitro benzene ring substituents is 1. The highest BCUT2D eigenvalue weighted by Crippen LogP contribution is 2.37. The fourth-order valence-corrected chi connectivity index (χ4v) is 1.70. The number of hydrogen-bond acceptors (Lipinski definition) is 4. The monoisotopic (exact) mass is 297 g/mol. The standard InChI is InChI=1S/C9H6Cl3NO4/c10-2-1-8(14)17-9-6(12)3-5(11)4-7(9)13(15)16/h3-4H,1-2H2. The van der Waals surface area contributed by atoms with Crippen molar-refractivity contribution < 1.29 is 14.5 Å². The maximum absolute atomic E-state index is 11.2. The highest BCUT2D eigenvalue weighted by atomic mass is 35.5. The Kier molecular flexibility index (Phi) is 4.99. The SMILES string of the molecule is O=C(CCCl)Oc1c(Cl)cc(Cl)cc1[N+](=O)[O-]. The molecule has 1 aromatic carbocycles. The summed E-state index contributed by atoms with van der Waals surface area (Å²) in [5.74, 6) is -0.971. The van der Waals surface area contributed by atoms with Crippen LogP contribution in [-0.2, 0) is 4.79 Å². The van der Waals surface area contributed by atoms with Crippen molar-refractivity contribution >= 4 is 46.5 Å². The molecule has 0 amide bonds. The third-order valence-corrected chi connectivity index (χ3v) is 2.39.